The molecular weight excluding hydrogens is 438 g/mol. The predicted molar refractivity (Wildman–Crippen MR) is 137 cm³/mol. The molecule has 1 saturated heterocycles. The van der Waals surface area contributed by atoms with Crippen LogP contribution in [0.4, 0.5) is 5.69 Å². The van der Waals surface area contributed by atoms with Gasteiger partial charge >= 0.3 is 0 Å². The van der Waals surface area contributed by atoms with Gasteiger partial charge in [-0.3, -0.25) is 9.69 Å². The van der Waals surface area contributed by atoms with Gasteiger partial charge in [-0.1, -0.05) is 54.5 Å². The zero-order valence-corrected chi connectivity index (χ0v) is 19.9. The second kappa shape index (κ2) is 10.6. The van der Waals surface area contributed by atoms with Crippen molar-refractivity contribution >= 4 is 11.6 Å². The predicted octanol–water partition coefficient (Wildman–Crippen LogP) is 4.79. The topological polar surface area (TPSA) is 74.5 Å². The number of hydrogen-bond acceptors (Lipinski definition) is 6. The van der Waals surface area contributed by atoms with Gasteiger partial charge in [-0.15, -0.1) is 0 Å². The summed E-state index contributed by atoms with van der Waals surface area (Å²) in [5.74, 6) is 0.798. The van der Waals surface area contributed by atoms with Gasteiger partial charge in [0, 0.05) is 55.1 Å². The first kappa shape index (κ1) is 23.0. The largest absolute Gasteiger partial charge is 0.334 e. The highest BCUT2D eigenvalue weighted by molar-refractivity contribution is 6.04. The lowest BCUT2D eigenvalue weighted by atomic mass is 10.1. The van der Waals surface area contributed by atoms with Crippen molar-refractivity contribution in [1.29, 1.82) is 0 Å². The van der Waals surface area contributed by atoms with Crippen LogP contribution in [0.3, 0.4) is 0 Å². The molecule has 4 aromatic rings. The van der Waals surface area contributed by atoms with Crippen molar-refractivity contribution in [3.63, 3.8) is 0 Å². The summed E-state index contributed by atoms with van der Waals surface area (Å²) < 4.78 is 5.41. The maximum absolute atomic E-state index is 12.7. The van der Waals surface area contributed by atoms with Gasteiger partial charge in [0.25, 0.3) is 11.8 Å². The van der Waals surface area contributed by atoms with Crippen LogP contribution in [0.5, 0.6) is 0 Å². The summed E-state index contributed by atoms with van der Waals surface area (Å²) in [6.45, 7) is 8.73. The fraction of sp³-hybridized carbons (Fsp3) is 0.250. The third kappa shape index (κ3) is 5.65. The van der Waals surface area contributed by atoms with Gasteiger partial charge in [-0.05, 0) is 48.5 Å². The number of amides is 1. The lowest BCUT2D eigenvalue weighted by Crippen LogP contribution is -2.45. The van der Waals surface area contributed by atoms with Crippen LogP contribution in [0.1, 0.15) is 22.8 Å². The molecule has 178 valence electrons. The molecule has 1 aromatic heterocycles. The van der Waals surface area contributed by atoms with Crippen molar-refractivity contribution in [1.82, 2.24) is 19.9 Å². The van der Waals surface area contributed by atoms with Crippen LogP contribution in [0.2, 0.25) is 0 Å². The summed E-state index contributed by atoms with van der Waals surface area (Å²) in [7, 11) is 0. The minimum Gasteiger partial charge on any atom is -0.334 e. The molecule has 0 bridgehead atoms. The van der Waals surface area contributed by atoms with Crippen molar-refractivity contribution in [2.24, 2.45) is 0 Å². The zero-order chi connectivity index (χ0) is 24.0. The Morgan fingerprint density at radius 1 is 0.857 bits per heavy atom. The molecule has 7 heteroatoms. The van der Waals surface area contributed by atoms with E-state index >= 15 is 0 Å². The number of aromatic nitrogens is 2. The number of nitrogens with one attached hydrogen (secondary N) is 1. The van der Waals surface area contributed by atoms with E-state index in [9.17, 15) is 4.79 Å². The maximum Gasteiger partial charge on any atom is 0.258 e. The van der Waals surface area contributed by atoms with Crippen LogP contribution in [0.25, 0.3) is 22.8 Å². The van der Waals surface area contributed by atoms with Gasteiger partial charge in [0.1, 0.15) is 0 Å². The molecule has 0 spiro atoms. The fourth-order valence-electron chi connectivity index (χ4n) is 4.23. The fourth-order valence-corrected chi connectivity index (χ4v) is 4.23. The molecule has 1 aliphatic rings. The molecule has 2 heterocycles. The van der Waals surface area contributed by atoms with E-state index in [0.717, 1.165) is 56.1 Å². The van der Waals surface area contributed by atoms with E-state index in [4.69, 9.17) is 4.52 Å². The number of benzene rings is 3. The number of carbonyl (C=O) groups excluding carboxylic acids is 1. The summed E-state index contributed by atoms with van der Waals surface area (Å²) in [5, 5.41) is 7.03. The normalized spacial score (nSPS) is 14.7. The van der Waals surface area contributed by atoms with Gasteiger partial charge in [0.05, 0.1) is 0 Å². The molecule has 3 aromatic carbocycles. The number of carbonyl (C=O) groups is 1. The average molecular weight is 468 g/mol. The van der Waals surface area contributed by atoms with E-state index in [-0.39, 0.29) is 5.91 Å². The third-order valence-corrected chi connectivity index (χ3v) is 6.38. The minimum atomic E-state index is -0.157. The highest BCUT2D eigenvalue weighted by Crippen LogP contribution is 2.23. The van der Waals surface area contributed by atoms with Crippen molar-refractivity contribution in [3.8, 4) is 22.8 Å². The molecule has 0 aliphatic carbocycles. The third-order valence-electron chi connectivity index (χ3n) is 6.38. The Morgan fingerprint density at radius 3 is 2.23 bits per heavy atom. The second-order valence-corrected chi connectivity index (χ2v) is 8.73. The van der Waals surface area contributed by atoms with Gasteiger partial charge in [-0.2, -0.15) is 4.98 Å². The van der Waals surface area contributed by atoms with Gasteiger partial charge in [-0.25, -0.2) is 0 Å². The van der Waals surface area contributed by atoms with Crippen LogP contribution in [0.15, 0.2) is 83.4 Å². The van der Waals surface area contributed by atoms with E-state index in [1.54, 1.807) is 12.1 Å². The minimum absolute atomic E-state index is 0.157. The lowest BCUT2D eigenvalue weighted by Gasteiger charge is -2.34. The highest BCUT2D eigenvalue weighted by Gasteiger charge is 2.16. The number of hydrogen-bond donors (Lipinski definition) is 1. The molecule has 35 heavy (non-hydrogen) atoms. The summed E-state index contributed by atoms with van der Waals surface area (Å²) in [5.41, 5.74) is 4.26. The van der Waals surface area contributed by atoms with Crippen LogP contribution in [-0.4, -0.2) is 58.6 Å². The molecular formula is C28H29N5O2. The number of rotatable bonds is 7. The smallest absolute Gasteiger partial charge is 0.258 e. The quantitative estimate of drug-likeness (QED) is 0.421. The Balaban J connectivity index is 1.17. The van der Waals surface area contributed by atoms with E-state index in [0.29, 0.717) is 17.3 Å². The maximum atomic E-state index is 12.7. The number of anilines is 1. The molecule has 0 unspecified atom stereocenters. The first-order valence-corrected chi connectivity index (χ1v) is 12.0. The number of likely N-dealkylation sites (N-methyl/N-ethyl adjacent to an activating group) is 1. The van der Waals surface area contributed by atoms with E-state index < -0.39 is 0 Å². The summed E-state index contributed by atoms with van der Waals surface area (Å²) in [6.07, 6.45) is 0. The lowest BCUT2D eigenvalue weighted by molar-refractivity contribution is 0.102. The first-order valence-electron chi connectivity index (χ1n) is 12.0. The molecule has 0 atom stereocenters. The van der Waals surface area contributed by atoms with Crippen LogP contribution in [-0.2, 0) is 6.54 Å². The number of nitrogens with zero attached hydrogens (tertiary/aromatic N) is 4. The Bertz CT molecular complexity index is 1240. The van der Waals surface area contributed by atoms with E-state index in [1.807, 2.05) is 54.6 Å². The van der Waals surface area contributed by atoms with Crippen LogP contribution >= 0.6 is 0 Å². The van der Waals surface area contributed by atoms with E-state index in [1.165, 1.54) is 5.56 Å². The summed E-state index contributed by atoms with van der Waals surface area (Å²) >= 11 is 0. The zero-order valence-electron chi connectivity index (χ0n) is 19.9. The SMILES string of the molecule is CCN1CCN(Cc2ccc(NC(=O)c3ccc(-c4nc(-c5ccccc5)no4)cc3)cc2)CC1. The summed E-state index contributed by atoms with van der Waals surface area (Å²) in [6, 6.07) is 24.9. The van der Waals surface area contributed by atoms with Gasteiger partial charge in [0.2, 0.25) is 5.82 Å². The average Bonchev–Trinajstić information content (AvgIpc) is 3.41. The van der Waals surface area contributed by atoms with Crippen molar-refractivity contribution in [2.75, 3.05) is 38.0 Å². The Hall–Kier alpha value is -3.81. The molecule has 7 nitrogen and oxygen atoms in total. The molecule has 0 radical (unpaired) electrons. The molecule has 0 saturated carbocycles. The highest BCUT2D eigenvalue weighted by atomic mass is 16.5. The van der Waals surface area contributed by atoms with Gasteiger partial charge < -0.3 is 14.7 Å². The van der Waals surface area contributed by atoms with Crippen molar-refractivity contribution in [2.45, 2.75) is 13.5 Å². The van der Waals surface area contributed by atoms with Crippen molar-refractivity contribution < 1.29 is 9.32 Å². The molecule has 1 N–H and O–H groups in total. The monoisotopic (exact) mass is 467 g/mol. The van der Waals surface area contributed by atoms with Crippen LogP contribution in [0, 0.1) is 0 Å². The Labute approximate surface area is 205 Å². The standard InChI is InChI=1S/C28H29N5O2/c1-2-32-16-18-33(19-17-32)20-21-8-14-25(15-9-21)29-27(34)23-10-12-24(13-11-23)28-30-26(31-35-28)22-6-4-3-5-7-22/h3-15H,2,16-20H2,1H3,(H,29,34). The van der Waals surface area contributed by atoms with Crippen LogP contribution < -0.4 is 5.32 Å². The van der Waals surface area contributed by atoms with Crippen molar-refractivity contribution in [3.05, 3.63) is 90.0 Å². The molecule has 1 amide bonds. The Morgan fingerprint density at radius 2 is 1.54 bits per heavy atom. The first-order chi connectivity index (χ1) is 17.2. The van der Waals surface area contributed by atoms with E-state index in [2.05, 4.69) is 44.3 Å². The number of piperazine rings is 1. The molecule has 1 aliphatic heterocycles. The molecule has 5 rings (SSSR count). The Kier molecular flexibility index (Phi) is 6.97. The molecule has 1 fully saturated rings. The second-order valence-electron chi connectivity index (χ2n) is 8.73. The van der Waals surface area contributed by atoms with Gasteiger partial charge in [0.15, 0.2) is 0 Å². The summed E-state index contributed by atoms with van der Waals surface area (Å²) in [4.78, 5) is 22.2.